The van der Waals surface area contributed by atoms with Crippen molar-refractivity contribution in [2.24, 2.45) is 0 Å². The van der Waals surface area contributed by atoms with Gasteiger partial charge in [-0.25, -0.2) is 0 Å². The van der Waals surface area contributed by atoms with E-state index in [2.05, 4.69) is 0 Å². The van der Waals surface area contributed by atoms with E-state index >= 15 is 0 Å². The summed E-state index contributed by atoms with van der Waals surface area (Å²) in [4.78, 5) is 11.4. The standard InChI is InChI=1S/C16H15ClO4/c1-2-21-11-5-3-10(4-6-11)13(9-18)12-7-14(17)16(20)8-15(12)19/h3-9,13,19-20H,2H2,1H3. The number of phenolic OH excluding ortho intramolecular Hbond substituents is 2. The minimum Gasteiger partial charge on any atom is -0.507 e. The number of phenols is 2. The van der Waals surface area contributed by atoms with E-state index in [1.165, 1.54) is 6.07 Å². The molecule has 110 valence electrons. The van der Waals surface area contributed by atoms with Gasteiger partial charge in [-0.2, -0.15) is 0 Å². The first kappa shape index (κ1) is 15.2. The summed E-state index contributed by atoms with van der Waals surface area (Å²) < 4.78 is 5.35. The van der Waals surface area contributed by atoms with E-state index in [0.717, 1.165) is 12.4 Å². The van der Waals surface area contributed by atoms with Crippen molar-refractivity contribution in [1.82, 2.24) is 0 Å². The van der Waals surface area contributed by atoms with Crippen LogP contribution < -0.4 is 4.74 Å². The smallest absolute Gasteiger partial charge is 0.137 e. The van der Waals surface area contributed by atoms with Crippen LogP contribution >= 0.6 is 11.6 Å². The normalized spacial score (nSPS) is 11.9. The van der Waals surface area contributed by atoms with Crippen LogP contribution in [-0.4, -0.2) is 23.1 Å². The Balaban J connectivity index is 2.39. The van der Waals surface area contributed by atoms with Gasteiger partial charge in [0.25, 0.3) is 0 Å². The highest BCUT2D eigenvalue weighted by atomic mass is 35.5. The molecule has 0 fully saturated rings. The molecule has 0 radical (unpaired) electrons. The average molecular weight is 307 g/mol. The quantitative estimate of drug-likeness (QED) is 0.830. The number of carbonyl (C=O) groups is 1. The predicted molar refractivity (Wildman–Crippen MR) is 80.3 cm³/mol. The van der Waals surface area contributed by atoms with Crippen molar-refractivity contribution in [2.45, 2.75) is 12.8 Å². The summed E-state index contributed by atoms with van der Waals surface area (Å²) in [6.07, 6.45) is 0.720. The Morgan fingerprint density at radius 2 is 1.86 bits per heavy atom. The Morgan fingerprint density at radius 3 is 2.43 bits per heavy atom. The largest absolute Gasteiger partial charge is 0.507 e. The summed E-state index contributed by atoms with van der Waals surface area (Å²) in [7, 11) is 0. The van der Waals surface area contributed by atoms with Crippen LogP contribution in [0.15, 0.2) is 36.4 Å². The lowest BCUT2D eigenvalue weighted by molar-refractivity contribution is -0.108. The third-order valence-electron chi connectivity index (χ3n) is 3.12. The van der Waals surface area contributed by atoms with Gasteiger partial charge in [-0.15, -0.1) is 0 Å². The average Bonchev–Trinajstić information content (AvgIpc) is 2.47. The van der Waals surface area contributed by atoms with Crippen LogP contribution in [0, 0.1) is 0 Å². The summed E-state index contributed by atoms with van der Waals surface area (Å²) in [5, 5.41) is 19.4. The maximum atomic E-state index is 11.4. The van der Waals surface area contributed by atoms with Gasteiger partial charge in [0.15, 0.2) is 0 Å². The van der Waals surface area contributed by atoms with E-state index < -0.39 is 5.92 Å². The van der Waals surface area contributed by atoms with Gasteiger partial charge >= 0.3 is 0 Å². The molecule has 0 spiro atoms. The molecule has 2 aromatic carbocycles. The maximum absolute atomic E-state index is 11.4. The van der Waals surface area contributed by atoms with Gasteiger partial charge in [0, 0.05) is 11.6 Å². The molecule has 0 aliphatic rings. The highest BCUT2D eigenvalue weighted by Gasteiger charge is 2.19. The van der Waals surface area contributed by atoms with Crippen LogP contribution in [0.3, 0.4) is 0 Å². The van der Waals surface area contributed by atoms with Crippen molar-refractivity contribution in [2.75, 3.05) is 6.61 Å². The van der Waals surface area contributed by atoms with Crippen LogP contribution in [0.5, 0.6) is 17.2 Å². The van der Waals surface area contributed by atoms with Gasteiger partial charge in [-0.1, -0.05) is 23.7 Å². The number of hydrogen-bond donors (Lipinski definition) is 2. The second-order valence-corrected chi connectivity index (χ2v) is 4.89. The van der Waals surface area contributed by atoms with E-state index in [-0.39, 0.29) is 16.5 Å². The van der Waals surface area contributed by atoms with Gasteiger partial charge < -0.3 is 19.7 Å². The molecule has 5 heteroatoms. The summed E-state index contributed by atoms with van der Waals surface area (Å²) in [6, 6.07) is 9.54. The molecule has 0 amide bonds. The molecular weight excluding hydrogens is 292 g/mol. The van der Waals surface area contributed by atoms with Crippen molar-refractivity contribution in [1.29, 1.82) is 0 Å². The molecule has 0 aromatic heterocycles. The number of ether oxygens (including phenoxy) is 1. The Kier molecular flexibility index (Phi) is 4.70. The fourth-order valence-corrected chi connectivity index (χ4v) is 2.26. The van der Waals surface area contributed by atoms with E-state index in [1.807, 2.05) is 6.92 Å². The molecule has 0 aliphatic heterocycles. The molecule has 0 saturated carbocycles. The molecule has 2 rings (SSSR count). The lowest BCUT2D eigenvalue weighted by Crippen LogP contribution is -2.03. The second kappa shape index (κ2) is 6.50. The summed E-state index contributed by atoms with van der Waals surface area (Å²) >= 11 is 5.84. The van der Waals surface area contributed by atoms with Crippen LogP contribution in [0.1, 0.15) is 24.0 Å². The molecule has 1 atom stereocenters. The number of carbonyl (C=O) groups excluding carboxylic acids is 1. The first-order valence-corrected chi connectivity index (χ1v) is 6.84. The second-order valence-electron chi connectivity index (χ2n) is 4.48. The van der Waals surface area contributed by atoms with Crippen molar-refractivity contribution < 1.29 is 19.7 Å². The molecule has 4 nitrogen and oxygen atoms in total. The molecule has 0 saturated heterocycles. The zero-order chi connectivity index (χ0) is 15.4. The van der Waals surface area contributed by atoms with Gasteiger partial charge in [0.05, 0.1) is 17.5 Å². The van der Waals surface area contributed by atoms with Crippen LogP contribution in [-0.2, 0) is 4.79 Å². The number of rotatable bonds is 5. The van der Waals surface area contributed by atoms with Gasteiger partial charge in [-0.3, -0.25) is 0 Å². The first-order chi connectivity index (χ1) is 10.1. The first-order valence-electron chi connectivity index (χ1n) is 6.46. The third kappa shape index (κ3) is 3.28. The van der Waals surface area contributed by atoms with E-state index in [4.69, 9.17) is 16.3 Å². The van der Waals surface area contributed by atoms with Crippen LogP contribution in [0.25, 0.3) is 0 Å². The lowest BCUT2D eigenvalue weighted by Gasteiger charge is -2.14. The van der Waals surface area contributed by atoms with E-state index in [1.54, 1.807) is 24.3 Å². The number of halogens is 1. The van der Waals surface area contributed by atoms with Crippen molar-refractivity contribution in [3.8, 4) is 17.2 Å². The minimum absolute atomic E-state index is 0.0839. The Morgan fingerprint density at radius 1 is 1.19 bits per heavy atom. The SMILES string of the molecule is CCOc1ccc(C(C=O)c2cc(Cl)c(O)cc2O)cc1. The van der Waals surface area contributed by atoms with Crippen LogP contribution in [0.2, 0.25) is 5.02 Å². The van der Waals surface area contributed by atoms with E-state index in [9.17, 15) is 15.0 Å². The zero-order valence-electron chi connectivity index (χ0n) is 11.4. The summed E-state index contributed by atoms with van der Waals surface area (Å²) in [5.41, 5.74) is 1.04. The van der Waals surface area contributed by atoms with Crippen molar-refractivity contribution in [3.63, 3.8) is 0 Å². The summed E-state index contributed by atoms with van der Waals surface area (Å²) in [5.74, 6) is -0.366. The number of benzene rings is 2. The number of aldehydes is 1. The molecule has 2 aromatic rings. The molecule has 0 aliphatic carbocycles. The Hall–Kier alpha value is -2.20. The molecular formula is C16H15ClO4. The lowest BCUT2D eigenvalue weighted by atomic mass is 9.92. The van der Waals surface area contributed by atoms with Crippen LogP contribution in [0.4, 0.5) is 0 Å². The van der Waals surface area contributed by atoms with Gasteiger partial charge in [0.1, 0.15) is 23.5 Å². The Labute approximate surface area is 127 Å². The topological polar surface area (TPSA) is 66.8 Å². The maximum Gasteiger partial charge on any atom is 0.137 e. The fraction of sp³-hybridized carbons (Fsp3) is 0.188. The molecule has 2 N–H and O–H groups in total. The molecule has 1 unspecified atom stereocenters. The fourth-order valence-electron chi connectivity index (χ4n) is 2.08. The van der Waals surface area contributed by atoms with Crippen molar-refractivity contribution >= 4 is 17.9 Å². The minimum atomic E-state index is -0.668. The third-order valence-corrected chi connectivity index (χ3v) is 3.42. The highest BCUT2D eigenvalue weighted by Crippen LogP contribution is 2.37. The van der Waals surface area contributed by atoms with E-state index in [0.29, 0.717) is 23.5 Å². The predicted octanol–water partition coefficient (Wildman–Crippen LogP) is 3.48. The highest BCUT2D eigenvalue weighted by molar-refractivity contribution is 6.32. The zero-order valence-corrected chi connectivity index (χ0v) is 12.2. The number of aromatic hydroxyl groups is 2. The molecule has 0 heterocycles. The molecule has 21 heavy (non-hydrogen) atoms. The Bertz CT molecular complexity index is 637. The van der Waals surface area contributed by atoms with Gasteiger partial charge in [-0.05, 0) is 30.7 Å². The van der Waals surface area contributed by atoms with Crippen molar-refractivity contribution in [3.05, 3.63) is 52.5 Å². The van der Waals surface area contributed by atoms with Gasteiger partial charge in [0.2, 0.25) is 0 Å². The number of hydrogen-bond acceptors (Lipinski definition) is 4. The summed E-state index contributed by atoms with van der Waals surface area (Å²) in [6.45, 7) is 2.45. The molecule has 0 bridgehead atoms. The monoisotopic (exact) mass is 306 g/mol.